The molecule has 0 fully saturated rings. The second-order valence-electron chi connectivity index (χ2n) is 24.9. The Labute approximate surface area is 506 Å². The van der Waals surface area contributed by atoms with Gasteiger partial charge < -0.3 is 14.2 Å². The maximum absolute atomic E-state index is 12.9. The minimum atomic E-state index is -0.769. The van der Waals surface area contributed by atoms with Crippen molar-refractivity contribution in [3.05, 3.63) is 36.5 Å². The van der Waals surface area contributed by atoms with Gasteiger partial charge in [-0.3, -0.25) is 14.4 Å². The molecule has 0 aromatic carbocycles. The fourth-order valence-electron chi connectivity index (χ4n) is 11.1. The molecule has 6 heteroatoms. The molecular weight excluding hydrogens is 997 g/mol. The van der Waals surface area contributed by atoms with Crippen LogP contribution in [0.25, 0.3) is 0 Å². The quantitative estimate of drug-likeness (QED) is 0.0261. The van der Waals surface area contributed by atoms with E-state index in [0.29, 0.717) is 19.3 Å². The zero-order valence-electron chi connectivity index (χ0n) is 54.8. The highest BCUT2D eigenvalue weighted by Crippen LogP contribution is 2.19. The van der Waals surface area contributed by atoms with Gasteiger partial charge in [-0.05, 0) is 77.0 Å². The summed E-state index contributed by atoms with van der Waals surface area (Å²) < 4.78 is 17.0. The number of esters is 3. The molecule has 1 atom stereocenters. The van der Waals surface area contributed by atoms with Crippen molar-refractivity contribution in [3.63, 3.8) is 0 Å². The van der Waals surface area contributed by atoms with Gasteiger partial charge in [0.2, 0.25) is 0 Å². The van der Waals surface area contributed by atoms with E-state index >= 15 is 0 Å². The fraction of sp³-hybridized carbons (Fsp3) is 0.880. The van der Waals surface area contributed by atoms with E-state index in [4.69, 9.17) is 14.2 Å². The topological polar surface area (TPSA) is 78.9 Å². The number of hydrogen-bond acceptors (Lipinski definition) is 6. The van der Waals surface area contributed by atoms with Crippen LogP contribution in [0.15, 0.2) is 36.5 Å². The average molecular weight is 1140 g/mol. The SMILES string of the molecule is CCCCCCC/C=C\C/C=C\CCCCCCCCCCCCCCCCCCCCCCCC(=O)OCC(COC(=O)CCCCCCCCCCCCC)OC(=O)CCCCCCCCCCC/C=C\CCCCCCCC. The molecule has 0 aliphatic carbocycles. The summed E-state index contributed by atoms with van der Waals surface area (Å²) in [5.41, 5.74) is 0. The number of unbranched alkanes of at least 4 members (excludes halogenated alkanes) is 51. The molecule has 81 heavy (non-hydrogen) atoms. The number of carbonyl (C=O) groups excluding carboxylic acids is 3. The van der Waals surface area contributed by atoms with Crippen LogP contribution in [0.1, 0.15) is 406 Å². The second kappa shape index (κ2) is 70.1. The molecule has 0 aromatic rings. The van der Waals surface area contributed by atoms with Gasteiger partial charge in [-0.25, -0.2) is 0 Å². The fourth-order valence-corrected chi connectivity index (χ4v) is 11.1. The summed E-state index contributed by atoms with van der Waals surface area (Å²) >= 11 is 0. The van der Waals surface area contributed by atoms with Crippen molar-refractivity contribution in [2.24, 2.45) is 0 Å². The van der Waals surface area contributed by atoms with Crippen molar-refractivity contribution >= 4 is 17.9 Å². The highest BCUT2D eigenvalue weighted by atomic mass is 16.6. The van der Waals surface area contributed by atoms with E-state index in [2.05, 4.69) is 57.2 Å². The largest absolute Gasteiger partial charge is 0.462 e. The Bertz CT molecular complexity index is 1350. The van der Waals surface area contributed by atoms with Crippen molar-refractivity contribution < 1.29 is 28.6 Å². The normalized spacial score (nSPS) is 12.2. The third-order valence-electron chi connectivity index (χ3n) is 16.6. The lowest BCUT2D eigenvalue weighted by Crippen LogP contribution is -2.30. The second-order valence-corrected chi connectivity index (χ2v) is 24.9. The first-order chi connectivity index (χ1) is 40.0. The Hall–Kier alpha value is -2.37. The van der Waals surface area contributed by atoms with E-state index < -0.39 is 6.10 Å². The van der Waals surface area contributed by atoms with Crippen LogP contribution < -0.4 is 0 Å². The Morgan fingerprint density at radius 2 is 0.444 bits per heavy atom. The lowest BCUT2D eigenvalue weighted by atomic mass is 10.0. The molecule has 1 unspecified atom stereocenters. The summed E-state index contributed by atoms with van der Waals surface area (Å²) in [6, 6.07) is 0. The number of hydrogen-bond donors (Lipinski definition) is 0. The molecule has 0 saturated carbocycles. The van der Waals surface area contributed by atoms with Crippen LogP contribution in [0.5, 0.6) is 0 Å². The maximum atomic E-state index is 12.9. The molecule has 0 N–H and O–H groups in total. The van der Waals surface area contributed by atoms with E-state index in [1.165, 1.54) is 302 Å². The van der Waals surface area contributed by atoms with Crippen molar-refractivity contribution in [1.29, 1.82) is 0 Å². The van der Waals surface area contributed by atoms with Crippen LogP contribution in [0.3, 0.4) is 0 Å². The number of carbonyl (C=O) groups is 3. The molecule has 476 valence electrons. The molecule has 0 bridgehead atoms. The van der Waals surface area contributed by atoms with E-state index in [0.717, 1.165) is 64.2 Å². The van der Waals surface area contributed by atoms with Gasteiger partial charge in [-0.2, -0.15) is 0 Å². The molecule has 0 aromatic heterocycles. The van der Waals surface area contributed by atoms with Gasteiger partial charge in [0.1, 0.15) is 13.2 Å². The van der Waals surface area contributed by atoms with E-state index in [1.54, 1.807) is 0 Å². The summed E-state index contributed by atoms with van der Waals surface area (Å²) in [7, 11) is 0. The van der Waals surface area contributed by atoms with Gasteiger partial charge in [0.05, 0.1) is 0 Å². The molecule has 0 aliphatic heterocycles. The van der Waals surface area contributed by atoms with Crippen molar-refractivity contribution in [3.8, 4) is 0 Å². The van der Waals surface area contributed by atoms with Crippen molar-refractivity contribution in [2.75, 3.05) is 13.2 Å². The monoisotopic (exact) mass is 1140 g/mol. The van der Waals surface area contributed by atoms with Gasteiger partial charge in [-0.15, -0.1) is 0 Å². The van der Waals surface area contributed by atoms with Crippen LogP contribution in [-0.2, 0) is 28.6 Å². The Kier molecular flexibility index (Phi) is 68.1. The first-order valence-electron chi connectivity index (χ1n) is 36.5. The molecule has 0 spiro atoms. The molecule has 0 saturated heterocycles. The molecule has 0 amide bonds. The van der Waals surface area contributed by atoms with Crippen LogP contribution in [-0.4, -0.2) is 37.2 Å². The predicted octanol–water partition coefficient (Wildman–Crippen LogP) is 25.1. The summed E-state index contributed by atoms with van der Waals surface area (Å²) in [4.78, 5) is 38.4. The number of ether oxygens (including phenoxy) is 3. The highest BCUT2D eigenvalue weighted by molar-refractivity contribution is 5.71. The Balaban J connectivity index is 4.08. The molecule has 0 radical (unpaired) electrons. The van der Waals surface area contributed by atoms with Crippen LogP contribution >= 0.6 is 0 Å². The molecular formula is C75H140O6. The predicted molar refractivity (Wildman–Crippen MR) is 353 cm³/mol. The van der Waals surface area contributed by atoms with Gasteiger partial charge in [0, 0.05) is 19.3 Å². The van der Waals surface area contributed by atoms with E-state index in [9.17, 15) is 14.4 Å². The van der Waals surface area contributed by atoms with Crippen LogP contribution in [0, 0.1) is 0 Å². The van der Waals surface area contributed by atoms with Gasteiger partial charge >= 0.3 is 17.9 Å². The smallest absolute Gasteiger partial charge is 0.306 e. The first-order valence-corrected chi connectivity index (χ1v) is 36.5. The third-order valence-corrected chi connectivity index (χ3v) is 16.6. The summed E-state index contributed by atoms with van der Waals surface area (Å²) in [6.07, 6.45) is 87.7. The summed E-state index contributed by atoms with van der Waals surface area (Å²) in [5, 5.41) is 0. The Morgan fingerprint density at radius 1 is 0.247 bits per heavy atom. The van der Waals surface area contributed by atoms with Gasteiger partial charge in [-0.1, -0.05) is 346 Å². The zero-order chi connectivity index (χ0) is 58.5. The molecule has 0 heterocycles. The van der Waals surface area contributed by atoms with E-state index in [-0.39, 0.29) is 31.1 Å². The van der Waals surface area contributed by atoms with Crippen molar-refractivity contribution in [1.82, 2.24) is 0 Å². The third kappa shape index (κ3) is 68.3. The number of allylic oxidation sites excluding steroid dienone is 6. The molecule has 6 nitrogen and oxygen atoms in total. The lowest BCUT2D eigenvalue weighted by molar-refractivity contribution is -0.167. The standard InChI is InChI=1S/C75H140O6/c1-4-7-10-13-16-19-22-24-26-28-30-31-32-33-34-35-36-37-38-39-40-41-42-43-45-46-48-50-53-56-59-62-65-68-74(77)80-71-72(70-79-73(76)67-64-61-58-55-52-21-18-15-12-9-6-3)81-75(78)69-66-63-60-57-54-51-49-47-44-29-27-25-23-20-17-14-11-8-5-2/h22,24-25,27-28,30,72H,4-21,23,26,29,31-71H2,1-3H3/b24-22-,27-25-,30-28-. The average Bonchev–Trinajstić information content (AvgIpc) is 3.47. The minimum absolute atomic E-state index is 0.0665. The zero-order valence-corrected chi connectivity index (χ0v) is 54.8. The van der Waals surface area contributed by atoms with Gasteiger partial charge in [0.25, 0.3) is 0 Å². The summed E-state index contributed by atoms with van der Waals surface area (Å²) in [6.45, 7) is 6.69. The first kappa shape index (κ1) is 78.6. The van der Waals surface area contributed by atoms with Crippen LogP contribution in [0.4, 0.5) is 0 Å². The molecule has 0 rings (SSSR count). The number of rotatable bonds is 68. The van der Waals surface area contributed by atoms with E-state index in [1.807, 2.05) is 0 Å². The van der Waals surface area contributed by atoms with Crippen molar-refractivity contribution in [2.45, 2.75) is 412 Å². The molecule has 0 aliphatic rings. The summed E-state index contributed by atoms with van der Waals surface area (Å²) in [5.74, 6) is -0.840. The minimum Gasteiger partial charge on any atom is -0.462 e. The van der Waals surface area contributed by atoms with Crippen LogP contribution in [0.2, 0.25) is 0 Å². The van der Waals surface area contributed by atoms with Gasteiger partial charge in [0.15, 0.2) is 6.10 Å². The Morgan fingerprint density at radius 3 is 0.691 bits per heavy atom. The maximum Gasteiger partial charge on any atom is 0.306 e. The highest BCUT2D eigenvalue weighted by Gasteiger charge is 2.19. The lowest BCUT2D eigenvalue weighted by Gasteiger charge is -2.18.